The van der Waals surface area contributed by atoms with E-state index in [-0.39, 0.29) is 6.61 Å². The van der Waals surface area contributed by atoms with Crippen molar-refractivity contribution >= 4 is 0 Å². The molecule has 66 valence electrons. The molecule has 1 unspecified atom stereocenters. The molecule has 0 spiro atoms. The molecule has 1 atom stereocenters. The molecule has 0 saturated carbocycles. The normalized spacial score (nSPS) is 33.0. The van der Waals surface area contributed by atoms with Crippen LogP contribution in [0.15, 0.2) is 0 Å². The van der Waals surface area contributed by atoms with Gasteiger partial charge in [0.2, 0.25) is 0 Å². The molecular weight excluding hydrogens is 145 g/mol. The molecule has 11 heavy (non-hydrogen) atoms. The molecular formula is C8H16FNO. The van der Waals surface area contributed by atoms with E-state index in [0.717, 1.165) is 6.54 Å². The Hall–Kier alpha value is -0.150. The van der Waals surface area contributed by atoms with Crippen LogP contribution < -0.4 is 0 Å². The third-order valence-corrected chi connectivity index (χ3v) is 2.06. The third-order valence-electron chi connectivity index (χ3n) is 2.06. The van der Waals surface area contributed by atoms with Crippen molar-refractivity contribution in [1.82, 2.24) is 4.90 Å². The Bertz CT molecular complexity index is 131. The van der Waals surface area contributed by atoms with Crippen LogP contribution in [0.1, 0.15) is 13.3 Å². The minimum atomic E-state index is -1.08. The Morgan fingerprint density at radius 1 is 1.64 bits per heavy atom. The van der Waals surface area contributed by atoms with E-state index in [0.29, 0.717) is 19.6 Å². The second-order valence-electron chi connectivity index (χ2n) is 3.28. The summed E-state index contributed by atoms with van der Waals surface area (Å²) in [5, 5.41) is 0. The first-order valence-corrected chi connectivity index (χ1v) is 4.11. The van der Waals surface area contributed by atoms with Crippen molar-refractivity contribution in [2.75, 3.05) is 33.4 Å². The summed E-state index contributed by atoms with van der Waals surface area (Å²) in [6.45, 7) is 4.13. The number of ether oxygens (including phenoxy) is 1. The summed E-state index contributed by atoms with van der Waals surface area (Å²) in [5.74, 6) is 0. The SMILES string of the molecule is CCOCC1(F)CCN(C)C1. The van der Waals surface area contributed by atoms with Crippen LogP contribution in [-0.4, -0.2) is 43.9 Å². The highest BCUT2D eigenvalue weighted by atomic mass is 19.1. The first-order valence-electron chi connectivity index (χ1n) is 4.11. The van der Waals surface area contributed by atoms with Crippen molar-refractivity contribution in [3.8, 4) is 0 Å². The van der Waals surface area contributed by atoms with E-state index < -0.39 is 5.67 Å². The van der Waals surface area contributed by atoms with E-state index in [1.165, 1.54) is 0 Å². The molecule has 1 rings (SSSR count). The van der Waals surface area contributed by atoms with E-state index >= 15 is 0 Å². The lowest BCUT2D eigenvalue weighted by molar-refractivity contribution is 0.0274. The number of nitrogens with zero attached hydrogens (tertiary/aromatic N) is 1. The van der Waals surface area contributed by atoms with E-state index in [1.54, 1.807) is 0 Å². The van der Waals surface area contributed by atoms with Crippen molar-refractivity contribution in [3.05, 3.63) is 0 Å². The quantitative estimate of drug-likeness (QED) is 0.614. The molecule has 0 bridgehead atoms. The highest BCUT2D eigenvalue weighted by molar-refractivity contribution is 4.88. The molecule has 0 N–H and O–H groups in total. The second kappa shape index (κ2) is 3.50. The molecule has 2 nitrogen and oxygen atoms in total. The van der Waals surface area contributed by atoms with E-state index in [9.17, 15) is 4.39 Å². The average molecular weight is 161 g/mol. The van der Waals surface area contributed by atoms with Crippen LogP contribution >= 0.6 is 0 Å². The number of hydrogen-bond acceptors (Lipinski definition) is 2. The summed E-state index contributed by atoms with van der Waals surface area (Å²) in [7, 11) is 1.94. The largest absolute Gasteiger partial charge is 0.378 e. The van der Waals surface area contributed by atoms with Crippen LogP contribution in [0.4, 0.5) is 4.39 Å². The average Bonchev–Trinajstić information content (AvgIpc) is 2.28. The highest BCUT2D eigenvalue weighted by Gasteiger charge is 2.36. The molecule has 3 heteroatoms. The molecule has 1 aliphatic heterocycles. The van der Waals surface area contributed by atoms with Crippen LogP contribution in [0, 0.1) is 0 Å². The lowest BCUT2D eigenvalue weighted by Gasteiger charge is -2.18. The molecule has 0 aromatic rings. The van der Waals surface area contributed by atoms with Crippen molar-refractivity contribution < 1.29 is 9.13 Å². The van der Waals surface area contributed by atoms with Gasteiger partial charge in [-0.25, -0.2) is 4.39 Å². The molecule has 0 aromatic carbocycles. The van der Waals surface area contributed by atoms with Crippen LogP contribution in [-0.2, 0) is 4.74 Å². The van der Waals surface area contributed by atoms with Crippen molar-refractivity contribution in [2.24, 2.45) is 0 Å². The van der Waals surface area contributed by atoms with E-state index in [4.69, 9.17) is 4.74 Å². The number of halogens is 1. The maximum atomic E-state index is 13.6. The summed E-state index contributed by atoms with van der Waals surface area (Å²) in [6, 6.07) is 0. The number of rotatable bonds is 3. The molecule has 0 amide bonds. The first-order chi connectivity index (χ1) is 5.16. The first kappa shape index (κ1) is 8.94. The van der Waals surface area contributed by atoms with Gasteiger partial charge in [0.25, 0.3) is 0 Å². The standard InChI is InChI=1S/C8H16FNO/c1-3-11-7-8(9)4-5-10(2)6-8/h3-7H2,1-2H3. The Morgan fingerprint density at radius 3 is 2.82 bits per heavy atom. The molecule has 0 aliphatic carbocycles. The van der Waals surface area contributed by atoms with Crippen molar-refractivity contribution in [1.29, 1.82) is 0 Å². The van der Waals surface area contributed by atoms with Crippen LogP contribution in [0.25, 0.3) is 0 Å². The van der Waals surface area contributed by atoms with Gasteiger partial charge in [-0.05, 0) is 20.4 Å². The summed E-state index contributed by atoms with van der Waals surface area (Å²) < 4.78 is 18.7. The van der Waals surface area contributed by atoms with Crippen LogP contribution in [0.3, 0.4) is 0 Å². The Kier molecular flexibility index (Phi) is 2.84. The molecule has 1 saturated heterocycles. The predicted molar refractivity (Wildman–Crippen MR) is 42.4 cm³/mol. The van der Waals surface area contributed by atoms with E-state index in [2.05, 4.69) is 0 Å². The summed E-state index contributed by atoms with van der Waals surface area (Å²) in [6.07, 6.45) is 0.615. The fraction of sp³-hybridized carbons (Fsp3) is 1.00. The van der Waals surface area contributed by atoms with E-state index in [1.807, 2.05) is 18.9 Å². The monoisotopic (exact) mass is 161 g/mol. The van der Waals surface area contributed by atoms with Gasteiger partial charge in [0.05, 0.1) is 6.61 Å². The molecule has 0 aromatic heterocycles. The Morgan fingerprint density at radius 2 is 2.36 bits per heavy atom. The maximum Gasteiger partial charge on any atom is 0.147 e. The van der Waals surface area contributed by atoms with Crippen molar-refractivity contribution in [2.45, 2.75) is 19.0 Å². The van der Waals surface area contributed by atoms with Gasteiger partial charge >= 0.3 is 0 Å². The van der Waals surface area contributed by atoms with Crippen molar-refractivity contribution in [3.63, 3.8) is 0 Å². The fourth-order valence-corrected chi connectivity index (χ4v) is 1.44. The van der Waals surface area contributed by atoms with Gasteiger partial charge in [-0.2, -0.15) is 0 Å². The topological polar surface area (TPSA) is 12.5 Å². The number of alkyl halides is 1. The molecule has 1 fully saturated rings. The lowest BCUT2D eigenvalue weighted by atomic mass is 10.1. The van der Waals surface area contributed by atoms with Gasteiger partial charge < -0.3 is 9.64 Å². The van der Waals surface area contributed by atoms with Gasteiger partial charge in [0.15, 0.2) is 0 Å². The number of hydrogen-bond donors (Lipinski definition) is 0. The minimum absolute atomic E-state index is 0.258. The molecule has 0 radical (unpaired) electrons. The third kappa shape index (κ3) is 2.42. The lowest BCUT2D eigenvalue weighted by Crippen LogP contribution is -2.32. The Balaban J connectivity index is 2.29. The molecule has 1 heterocycles. The van der Waals surface area contributed by atoms with Gasteiger partial charge in [-0.1, -0.05) is 0 Å². The molecule has 1 aliphatic rings. The van der Waals surface area contributed by atoms with Gasteiger partial charge in [0, 0.05) is 19.7 Å². The van der Waals surface area contributed by atoms with Gasteiger partial charge in [-0.3, -0.25) is 0 Å². The van der Waals surface area contributed by atoms with Gasteiger partial charge in [-0.15, -0.1) is 0 Å². The number of likely N-dealkylation sites (tertiary alicyclic amines) is 1. The summed E-state index contributed by atoms with van der Waals surface area (Å²) >= 11 is 0. The zero-order valence-electron chi connectivity index (χ0n) is 7.27. The minimum Gasteiger partial charge on any atom is -0.378 e. The second-order valence-corrected chi connectivity index (χ2v) is 3.28. The summed E-state index contributed by atoms with van der Waals surface area (Å²) in [5.41, 5.74) is -1.08. The summed E-state index contributed by atoms with van der Waals surface area (Å²) in [4.78, 5) is 2.00. The zero-order chi connectivity index (χ0) is 8.32. The Labute approximate surface area is 67.3 Å². The highest BCUT2D eigenvalue weighted by Crippen LogP contribution is 2.24. The zero-order valence-corrected chi connectivity index (χ0v) is 7.27. The van der Waals surface area contributed by atoms with Crippen LogP contribution in [0.2, 0.25) is 0 Å². The predicted octanol–water partition coefficient (Wildman–Crippen LogP) is 1.07. The van der Waals surface area contributed by atoms with Gasteiger partial charge in [0.1, 0.15) is 5.67 Å². The maximum absolute atomic E-state index is 13.6. The smallest absolute Gasteiger partial charge is 0.147 e. The van der Waals surface area contributed by atoms with Crippen LogP contribution in [0.5, 0.6) is 0 Å². The fourth-order valence-electron chi connectivity index (χ4n) is 1.44.